The summed E-state index contributed by atoms with van der Waals surface area (Å²) in [5.41, 5.74) is 6.51. The summed E-state index contributed by atoms with van der Waals surface area (Å²) in [5.74, 6) is 1.63. The van der Waals surface area contributed by atoms with Crippen LogP contribution in [0.5, 0.6) is 0 Å². The average Bonchev–Trinajstić information content (AvgIpc) is 2.69. The summed E-state index contributed by atoms with van der Waals surface area (Å²) >= 11 is 0. The fourth-order valence-electron chi connectivity index (χ4n) is 1.97. The standard InChI is InChI=1S/C12H12N6O/c1-6-14-7(2)18(17-6)12-15-10-4-3-8(13)5-9(10)11(19)16-12/h3-5H,13H2,1-2H3,(H,15,16,19). The van der Waals surface area contributed by atoms with Crippen LogP contribution in [-0.4, -0.2) is 24.7 Å². The number of aryl methyl sites for hydroxylation is 2. The van der Waals surface area contributed by atoms with Crippen molar-refractivity contribution in [2.24, 2.45) is 0 Å². The molecule has 3 aromatic rings. The Balaban J connectivity index is 2.30. The molecule has 0 saturated carbocycles. The second-order valence-electron chi connectivity index (χ2n) is 4.28. The van der Waals surface area contributed by atoms with Gasteiger partial charge in [0.05, 0.1) is 10.9 Å². The van der Waals surface area contributed by atoms with E-state index in [1.165, 1.54) is 4.68 Å². The van der Waals surface area contributed by atoms with E-state index in [1.54, 1.807) is 32.0 Å². The molecule has 0 amide bonds. The number of rotatable bonds is 1. The number of hydrogen-bond donors (Lipinski definition) is 2. The van der Waals surface area contributed by atoms with Crippen molar-refractivity contribution in [1.29, 1.82) is 0 Å². The SMILES string of the molecule is Cc1nc(C)n(-c2nc3ccc(N)cc3c(=O)[nH]2)n1. The van der Waals surface area contributed by atoms with Gasteiger partial charge in [0.25, 0.3) is 5.56 Å². The molecule has 3 rings (SSSR count). The first-order chi connectivity index (χ1) is 9.04. The molecular formula is C12H12N6O. The van der Waals surface area contributed by atoms with Gasteiger partial charge in [0, 0.05) is 5.69 Å². The van der Waals surface area contributed by atoms with Gasteiger partial charge in [-0.3, -0.25) is 9.78 Å². The Morgan fingerprint density at radius 3 is 2.74 bits per heavy atom. The van der Waals surface area contributed by atoms with Crippen molar-refractivity contribution >= 4 is 16.6 Å². The molecule has 0 aliphatic heterocycles. The summed E-state index contributed by atoms with van der Waals surface area (Å²) < 4.78 is 1.51. The van der Waals surface area contributed by atoms with Gasteiger partial charge in [-0.15, -0.1) is 5.10 Å². The molecule has 0 radical (unpaired) electrons. The number of aromatic amines is 1. The maximum atomic E-state index is 12.0. The molecule has 3 N–H and O–H groups in total. The van der Waals surface area contributed by atoms with Gasteiger partial charge < -0.3 is 5.73 Å². The van der Waals surface area contributed by atoms with E-state index in [0.29, 0.717) is 34.2 Å². The van der Waals surface area contributed by atoms with Crippen molar-refractivity contribution in [3.05, 3.63) is 40.2 Å². The summed E-state index contributed by atoms with van der Waals surface area (Å²) in [6.45, 7) is 3.58. The summed E-state index contributed by atoms with van der Waals surface area (Å²) in [6, 6.07) is 5.02. The number of benzene rings is 1. The van der Waals surface area contributed by atoms with Gasteiger partial charge in [-0.2, -0.15) is 4.68 Å². The lowest BCUT2D eigenvalue weighted by Gasteiger charge is -2.04. The quantitative estimate of drug-likeness (QED) is 0.624. The van der Waals surface area contributed by atoms with Gasteiger partial charge in [-0.1, -0.05) is 0 Å². The van der Waals surface area contributed by atoms with E-state index >= 15 is 0 Å². The third kappa shape index (κ3) is 1.85. The van der Waals surface area contributed by atoms with Crippen LogP contribution in [0, 0.1) is 13.8 Å². The minimum absolute atomic E-state index is 0.250. The van der Waals surface area contributed by atoms with E-state index in [0.717, 1.165) is 0 Å². The van der Waals surface area contributed by atoms with Gasteiger partial charge in [-0.05, 0) is 32.0 Å². The molecule has 0 aliphatic rings. The Kier molecular flexibility index (Phi) is 2.34. The molecule has 7 heteroatoms. The lowest BCUT2D eigenvalue weighted by atomic mass is 10.2. The highest BCUT2D eigenvalue weighted by atomic mass is 16.1. The fourth-order valence-corrected chi connectivity index (χ4v) is 1.97. The predicted octanol–water partition coefficient (Wildman–Crippen LogP) is 0.703. The molecule has 2 aromatic heterocycles. The van der Waals surface area contributed by atoms with Crippen molar-refractivity contribution < 1.29 is 0 Å². The van der Waals surface area contributed by atoms with Crippen LogP contribution < -0.4 is 11.3 Å². The van der Waals surface area contributed by atoms with Crippen LogP contribution in [0.4, 0.5) is 5.69 Å². The van der Waals surface area contributed by atoms with E-state index in [9.17, 15) is 4.79 Å². The van der Waals surface area contributed by atoms with Crippen molar-refractivity contribution in [1.82, 2.24) is 24.7 Å². The normalized spacial score (nSPS) is 11.1. The number of nitrogens with two attached hydrogens (primary N) is 1. The van der Waals surface area contributed by atoms with Gasteiger partial charge in [0.15, 0.2) is 0 Å². The molecular weight excluding hydrogens is 244 g/mol. The van der Waals surface area contributed by atoms with Gasteiger partial charge in [-0.25, -0.2) is 9.97 Å². The largest absolute Gasteiger partial charge is 0.399 e. The van der Waals surface area contributed by atoms with Crippen LogP contribution >= 0.6 is 0 Å². The molecule has 1 aromatic carbocycles. The molecule has 0 saturated heterocycles. The first-order valence-corrected chi connectivity index (χ1v) is 5.75. The monoisotopic (exact) mass is 256 g/mol. The number of H-pyrrole nitrogens is 1. The summed E-state index contributed by atoms with van der Waals surface area (Å²) in [4.78, 5) is 23.3. The Labute approximate surface area is 108 Å². The zero-order valence-corrected chi connectivity index (χ0v) is 10.5. The Bertz CT molecular complexity index is 832. The highest BCUT2D eigenvalue weighted by Gasteiger charge is 2.10. The van der Waals surface area contributed by atoms with Gasteiger partial charge in [0.1, 0.15) is 11.6 Å². The number of aromatic nitrogens is 5. The Morgan fingerprint density at radius 1 is 1.26 bits per heavy atom. The van der Waals surface area contributed by atoms with Crippen molar-refractivity contribution in [3.8, 4) is 5.95 Å². The number of nitrogens with one attached hydrogen (secondary N) is 1. The molecule has 0 atom stereocenters. The highest BCUT2D eigenvalue weighted by molar-refractivity contribution is 5.81. The minimum atomic E-state index is -0.250. The Morgan fingerprint density at radius 2 is 2.05 bits per heavy atom. The summed E-state index contributed by atoms with van der Waals surface area (Å²) in [5, 5.41) is 4.65. The van der Waals surface area contributed by atoms with Crippen LogP contribution in [-0.2, 0) is 0 Å². The third-order valence-corrected chi connectivity index (χ3v) is 2.79. The number of nitrogens with zero attached hydrogens (tertiary/aromatic N) is 4. The van der Waals surface area contributed by atoms with E-state index in [4.69, 9.17) is 5.73 Å². The highest BCUT2D eigenvalue weighted by Crippen LogP contribution is 2.13. The number of anilines is 1. The Hall–Kier alpha value is -2.70. The van der Waals surface area contributed by atoms with Crippen LogP contribution in [0.2, 0.25) is 0 Å². The first kappa shape index (κ1) is 11.4. The minimum Gasteiger partial charge on any atom is -0.399 e. The van der Waals surface area contributed by atoms with E-state index in [-0.39, 0.29) is 5.56 Å². The van der Waals surface area contributed by atoms with E-state index < -0.39 is 0 Å². The molecule has 96 valence electrons. The molecule has 0 spiro atoms. The molecule has 0 fully saturated rings. The van der Waals surface area contributed by atoms with Crippen molar-refractivity contribution in [2.75, 3.05) is 5.73 Å². The van der Waals surface area contributed by atoms with Crippen LogP contribution in [0.25, 0.3) is 16.9 Å². The number of hydrogen-bond acceptors (Lipinski definition) is 5. The molecule has 2 heterocycles. The molecule has 7 nitrogen and oxygen atoms in total. The average molecular weight is 256 g/mol. The predicted molar refractivity (Wildman–Crippen MR) is 71.2 cm³/mol. The zero-order chi connectivity index (χ0) is 13.6. The zero-order valence-electron chi connectivity index (χ0n) is 10.5. The smallest absolute Gasteiger partial charge is 0.260 e. The first-order valence-electron chi connectivity index (χ1n) is 5.75. The van der Waals surface area contributed by atoms with Gasteiger partial charge in [0.2, 0.25) is 5.95 Å². The van der Waals surface area contributed by atoms with Gasteiger partial charge >= 0.3 is 0 Å². The fraction of sp³-hybridized carbons (Fsp3) is 0.167. The van der Waals surface area contributed by atoms with Crippen LogP contribution in [0.1, 0.15) is 11.6 Å². The molecule has 0 bridgehead atoms. The lowest BCUT2D eigenvalue weighted by Crippen LogP contribution is -2.15. The molecule has 0 unspecified atom stereocenters. The topological polar surface area (TPSA) is 102 Å². The number of nitrogen functional groups attached to an aromatic ring is 1. The summed E-state index contributed by atoms with van der Waals surface area (Å²) in [7, 11) is 0. The van der Waals surface area contributed by atoms with E-state index in [1.807, 2.05) is 0 Å². The second kappa shape index (κ2) is 3.91. The summed E-state index contributed by atoms with van der Waals surface area (Å²) in [6.07, 6.45) is 0. The van der Waals surface area contributed by atoms with Crippen molar-refractivity contribution in [3.63, 3.8) is 0 Å². The third-order valence-electron chi connectivity index (χ3n) is 2.79. The van der Waals surface area contributed by atoms with Crippen molar-refractivity contribution in [2.45, 2.75) is 13.8 Å². The maximum Gasteiger partial charge on any atom is 0.260 e. The second-order valence-corrected chi connectivity index (χ2v) is 4.28. The van der Waals surface area contributed by atoms with Crippen LogP contribution in [0.3, 0.4) is 0 Å². The number of fused-ring (bicyclic) bond motifs is 1. The maximum absolute atomic E-state index is 12.0. The lowest BCUT2D eigenvalue weighted by molar-refractivity contribution is 0.773. The molecule has 19 heavy (non-hydrogen) atoms. The van der Waals surface area contributed by atoms with Crippen LogP contribution in [0.15, 0.2) is 23.0 Å². The van der Waals surface area contributed by atoms with E-state index in [2.05, 4.69) is 20.1 Å². The molecule has 0 aliphatic carbocycles.